The number of esters is 1. The molecule has 0 aromatic heterocycles. The molecular weight excluding hydrogens is 440 g/mol. The van der Waals surface area contributed by atoms with Crippen molar-refractivity contribution < 1.29 is 33.8 Å². The molecule has 2 aromatic carbocycles. The van der Waals surface area contributed by atoms with E-state index in [4.69, 9.17) is 9.47 Å². The van der Waals surface area contributed by atoms with Gasteiger partial charge in [-0.25, -0.2) is 9.59 Å². The highest BCUT2D eigenvalue weighted by atomic mass is 16.5. The van der Waals surface area contributed by atoms with Crippen molar-refractivity contribution in [2.75, 3.05) is 13.2 Å². The summed E-state index contributed by atoms with van der Waals surface area (Å²) in [7, 11) is 0. The van der Waals surface area contributed by atoms with Crippen molar-refractivity contribution in [3.05, 3.63) is 83.6 Å². The average Bonchev–Trinajstić information content (AvgIpc) is 3.04. The molecule has 3 rings (SSSR count). The number of nitrogens with one attached hydrogen (secondary N) is 1. The van der Waals surface area contributed by atoms with E-state index in [9.17, 15) is 24.3 Å². The zero-order chi connectivity index (χ0) is 24.6. The largest absolute Gasteiger partial charge is 0.480 e. The van der Waals surface area contributed by atoms with Gasteiger partial charge in [0.2, 0.25) is 0 Å². The summed E-state index contributed by atoms with van der Waals surface area (Å²) >= 11 is 0. The summed E-state index contributed by atoms with van der Waals surface area (Å²) in [5.74, 6) is -2.61. The van der Waals surface area contributed by atoms with E-state index in [0.717, 1.165) is 22.1 Å². The molecule has 1 aliphatic heterocycles. The van der Waals surface area contributed by atoms with E-state index in [0.29, 0.717) is 0 Å². The first-order chi connectivity index (χ1) is 16.3. The highest BCUT2D eigenvalue weighted by molar-refractivity contribution is 5.98. The fraction of sp³-hybridized carbons (Fsp3) is 0.280. The normalized spacial score (nSPS) is 18.6. The van der Waals surface area contributed by atoms with Gasteiger partial charge in [0.1, 0.15) is 18.7 Å². The van der Waals surface area contributed by atoms with Gasteiger partial charge in [0.15, 0.2) is 0 Å². The number of aliphatic carboxylic acids is 1. The second-order valence-electron chi connectivity index (χ2n) is 7.78. The van der Waals surface area contributed by atoms with E-state index in [1.165, 1.54) is 0 Å². The monoisotopic (exact) mass is 466 g/mol. The summed E-state index contributed by atoms with van der Waals surface area (Å²) in [4.78, 5) is 50.8. The van der Waals surface area contributed by atoms with E-state index < -0.39 is 36.0 Å². The molecule has 0 bridgehead atoms. The van der Waals surface area contributed by atoms with Crippen molar-refractivity contribution in [2.45, 2.75) is 31.9 Å². The number of ether oxygens (including phenoxy) is 2. The summed E-state index contributed by atoms with van der Waals surface area (Å²) in [6.07, 6.45) is 0.228. The lowest BCUT2D eigenvalue weighted by Crippen LogP contribution is -2.56. The molecule has 2 aromatic rings. The van der Waals surface area contributed by atoms with Crippen molar-refractivity contribution in [2.24, 2.45) is 0 Å². The molecule has 0 aliphatic carbocycles. The van der Waals surface area contributed by atoms with Gasteiger partial charge in [-0.15, -0.1) is 0 Å². The predicted molar refractivity (Wildman–Crippen MR) is 121 cm³/mol. The Morgan fingerprint density at radius 2 is 1.65 bits per heavy atom. The number of nitrogens with zero attached hydrogens (tertiary/aromatic N) is 1. The fourth-order valence-corrected chi connectivity index (χ4v) is 3.81. The Labute approximate surface area is 197 Å². The average molecular weight is 466 g/mol. The van der Waals surface area contributed by atoms with Crippen LogP contribution in [0, 0.1) is 0 Å². The molecule has 2 N–H and O–H groups in total. The molecule has 1 atom stereocenters. The number of likely N-dealkylation sites (tertiary alicyclic amines) is 1. The molecule has 2 amide bonds. The molecule has 1 fully saturated rings. The van der Waals surface area contributed by atoms with Gasteiger partial charge in [-0.05, 0) is 18.1 Å². The van der Waals surface area contributed by atoms with Crippen LogP contribution >= 0.6 is 0 Å². The van der Waals surface area contributed by atoms with E-state index in [1.54, 1.807) is 43.3 Å². The Hall–Kier alpha value is -4.14. The van der Waals surface area contributed by atoms with Crippen LogP contribution in [0.4, 0.5) is 4.79 Å². The SMILES string of the molecule is CCOC(=O)/C=C1\C[C@@](Cc2ccccc2)(NC(=O)OCc2ccccc2)C(=O)N1CC(=O)O. The second kappa shape index (κ2) is 11.1. The van der Waals surface area contributed by atoms with Crippen LogP contribution in [-0.2, 0) is 36.9 Å². The Kier molecular flexibility index (Phi) is 8.02. The highest BCUT2D eigenvalue weighted by Gasteiger charge is 2.51. The number of carbonyl (C=O) groups excluding carboxylic acids is 3. The summed E-state index contributed by atoms with van der Waals surface area (Å²) in [6.45, 7) is 1.08. The molecule has 1 heterocycles. The number of carbonyl (C=O) groups is 4. The lowest BCUT2D eigenvalue weighted by atomic mass is 9.88. The minimum absolute atomic E-state index is 0.00730. The van der Waals surface area contributed by atoms with Crippen LogP contribution in [0.1, 0.15) is 24.5 Å². The quantitative estimate of drug-likeness (QED) is 0.430. The van der Waals surface area contributed by atoms with Crippen LogP contribution in [0.3, 0.4) is 0 Å². The van der Waals surface area contributed by atoms with E-state index in [-0.39, 0.29) is 31.8 Å². The van der Waals surface area contributed by atoms with Crippen LogP contribution in [-0.4, -0.2) is 52.6 Å². The van der Waals surface area contributed by atoms with Crippen LogP contribution in [0.2, 0.25) is 0 Å². The number of hydrogen-bond donors (Lipinski definition) is 2. The highest BCUT2D eigenvalue weighted by Crippen LogP contribution is 2.34. The molecule has 9 heteroatoms. The summed E-state index contributed by atoms with van der Waals surface area (Å²) in [5.41, 5.74) is 0.114. The number of carboxylic acid groups (broad SMARTS) is 1. The van der Waals surface area contributed by atoms with Gasteiger partial charge in [-0.2, -0.15) is 0 Å². The molecule has 0 spiro atoms. The Balaban J connectivity index is 1.91. The molecule has 178 valence electrons. The van der Waals surface area contributed by atoms with E-state index >= 15 is 0 Å². The van der Waals surface area contributed by atoms with Crippen molar-refractivity contribution >= 4 is 23.9 Å². The number of rotatable bonds is 9. The van der Waals surface area contributed by atoms with Crippen LogP contribution in [0.5, 0.6) is 0 Å². The zero-order valence-electron chi connectivity index (χ0n) is 18.7. The Morgan fingerprint density at radius 1 is 1.03 bits per heavy atom. The first-order valence-electron chi connectivity index (χ1n) is 10.8. The maximum Gasteiger partial charge on any atom is 0.408 e. The molecule has 1 aliphatic rings. The third-order valence-corrected chi connectivity index (χ3v) is 5.25. The van der Waals surface area contributed by atoms with Crippen molar-refractivity contribution in [3.63, 3.8) is 0 Å². The van der Waals surface area contributed by atoms with Crippen molar-refractivity contribution in [1.82, 2.24) is 10.2 Å². The van der Waals surface area contributed by atoms with Crippen LogP contribution in [0.15, 0.2) is 72.4 Å². The number of hydrogen-bond acceptors (Lipinski definition) is 6. The fourth-order valence-electron chi connectivity index (χ4n) is 3.81. The van der Waals surface area contributed by atoms with Gasteiger partial charge in [-0.3, -0.25) is 9.59 Å². The molecule has 0 radical (unpaired) electrons. The molecule has 9 nitrogen and oxygen atoms in total. The maximum absolute atomic E-state index is 13.5. The van der Waals surface area contributed by atoms with E-state index in [2.05, 4.69) is 5.32 Å². The molecule has 1 saturated heterocycles. The van der Waals surface area contributed by atoms with Crippen molar-refractivity contribution in [1.29, 1.82) is 0 Å². The summed E-state index contributed by atoms with van der Waals surface area (Å²) < 4.78 is 10.3. The number of alkyl carbamates (subject to hydrolysis) is 1. The van der Waals surface area contributed by atoms with Gasteiger partial charge in [0.05, 0.1) is 6.61 Å². The second-order valence-corrected chi connectivity index (χ2v) is 7.78. The van der Waals surface area contributed by atoms with Gasteiger partial charge in [0, 0.05) is 24.6 Å². The number of amides is 2. The topological polar surface area (TPSA) is 122 Å². The minimum atomic E-state index is -1.54. The first-order valence-corrected chi connectivity index (χ1v) is 10.8. The standard InChI is InChI=1S/C25H26N2O7/c1-2-33-22(30)13-20-15-25(14-18-9-5-3-6-10-18,23(31)27(20)16-21(28)29)26-24(32)34-17-19-11-7-4-8-12-19/h3-13H,2,14-17H2,1H3,(H,26,32)(H,28,29)/b20-13+/t25-/m1/s1. The van der Waals surface area contributed by atoms with Gasteiger partial charge in [0.25, 0.3) is 5.91 Å². The number of carboxylic acids is 1. The van der Waals surface area contributed by atoms with Gasteiger partial charge >= 0.3 is 18.0 Å². The summed E-state index contributed by atoms with van der Waals surface area (Å²) in [6, 6.07) is 18.0. The molecule has 0 unspecified atom stereocenters. The molecule has 0 saturated carbocycles. The zero-order valence-corrected chi connectivity index (χ0v) is 18.7. The first kappa shape index (κ1) is 24.5. The summed E-state index contributed by atoms with van der Waals surface area (Å²) in [5, 5.41) is 12.0. The molecule has 34 heavy (non-hydrogen) atoms. The van der Waals surface area contributed by atoms with Crippen LogP contribution in [0.25, 0.3) is 0 Å². The smallest absolute Gasteiger partial charge is 0.408 e. The third-order valence-electron chi connectivity index (χ3n) is 5.25. The third kappa shape index (κ3) is 6.22. The minimum Gasteiger partial charge on any atom is -0.480 e. The van der Waals surface area contributed by atoms with Gasteiger partial charge in [-0.1, -0.05) is 60.7 Å². The predicted octanol–water partition coefficient (Wildman–Crippen LogP) is 2.66. The van der Waals surface area contributed by atoms with Crippen LogP contribution < -0.4 is 5.32 Å². The number of benzene rings is 2. The lowest BCUT2D eigenvalue weighted by molar-refractivity contribution is -0.143. The maximum atomic E-state index is 13.5. The lowest BCUT2D eigenvalue weighted by Gasteiger charge is -2.28. The Morgan fingerprint density at radius 3 is 2.24 bits per heavy atom. The van der Waals surface area contributed by atoms with Gasteiger partial charge < -0.3 is 24.8 Å². The molecular formula is C25H26N2O7. The van der Waals surface area contributed by atoms with Crippen molar-refractivity contribution in [3.8, 4) is 0 Å². The van der Waals surface area contributed by atoms with E-state index in [1.807, 2.05) is 24.3 Å². The Bertz CT molecular complexity index is 1070.